The van der Waals surface area contributed by atoms with Gasteiger partial charge in [-0.2, -0.15) is 4.31 Å². The number of thioether (sulfide) groups is 1. The van der Waals surface area contributed by atoms with E-state index in [4.69, 9.17) is 0 Å². The van der Waals surface area contributed by atoms with Crippen LogP contribution >= 0.6 is 11.8 Å². The van der Waals surface area contributed by atoms with Crippen LogP contribution in [0, 0.1) is 5.82 Å². The highest BCUT2D eigenvalue weighted by Crippen LogP contribution is 2.23. The molecule has 0 aliphatic carbocycles. The van der Waals surface area contributed by atoms with Crippen molar-refractivity contribution in [1.29, 1.82) is 0 Å². The van der Waals surface area contributed by atoms with Crippen LogP contribution in [0.2, 0.25) is 0 Å². The van der Waals surface area contributed by atoms with E-state index < -0.39 is 21.7 Å². The third-order valence-electron chi connectivity index (χ3n) is 6.04. The molecule has 10 nitrogen and oxygen atoms in total. The number of nitrogens with zero attached hydrogens (tertiary/aromatic N) is 4. The van der Waals surface area contributed by atoms with Gasteiger partial charge in [-0.05, 0) is 60.7 Å². The van der Waals surface area contributed by atoms with E-state index in [0.717, 1.165) is 17.4 Å². The summed E-state index contributed by atoms with van der Waals surface area (Å²) in [6.07, 6.45) is 0. The maximum atomic E-state index is 13.1. The molecule has 4 rings (SSSR count). The average Bonchev–Trinajstić information content (AvgIpc) is 3.39. The molecule has 214 valence electrons. The van der Waals surface area contributed by atoms with Crippen LogP contribution in [0.1, 0.15) is 30.0 Å². The van der Waals surface area contributed by atoms with Gasteiger partial charge in [0, 0.05) is 30.0 Å². The van der Waals surface area contributed by atoms with Crippen molar-refractivity contribution in [2.24, 2.45) is 0 Å². The fourth-order valence-corrected chi connectivity index (χ4v) is 6.19. The quantitative estimate of drug-likeness (QED) is 0.236. The standard InChI is InChI=1S/C28H29FN6O4S2/c1-3-34(4-2)41(38,39)24-16-10-20(11-17-24)27(37)30-18-25-32-33-28(35(25)23-8-6-5-7-9-23)40-19-26(36)31-22-14-12-21(29)13-15-22/h5-17H,3-4,18-19H2,1-2H3,(H,30,37)(H,31,36). The Kier molecular flexibility index (Phi) is 9.86. The van der Waals surface area contributed by atoms with Crippen LogP contribution in [0.5, 0.6) is 0 Å². The van der Waals surface area contributed by atoms with Crippen molar-refractivity contribution < 1.29 is 22.4 Å². The molecule has 0 spiro atoms. The van der Waals surface area contributed by atoms with E-state index in [0.29, 0.717) is 35.3 Å². The molecule has 2 N–H and O–H groups in total. The molecule has 0 unspecified atom stereocenters. The van der Waals surface area contributed by atoms with Crippen LogP contribution in [0.3, 0.4) is 0 Å². The Morgan fingerprint density at radius 1 is 0.927 bits per heavy atom. The molecule has 1 aromatic heterocycles. The van der Waals surface area contributed by atoms with Crippen LogP contribution in [0.25, 0.3) is 5.69 Å². The first kappa shape index (κ1) is 29.9. The molecule has 0 aliphatic rings. The predicted molar refractivity (Wildman–Crippen MR) is 155 cm³/mol. The molecule has 0 bridgehead atoms. The van der Waals surface area contributed by atoms with E-state index in [9.17, 15) is 22.4 Å². The molecule has 0 radical (unpaired) electrons. The van der Waals surface area contributed by atoms with E-state index in [2.05, 4.69) is 20.8 Å². The lowest BCUT2D eigenvalue weighted by molar-refractivity contribution is -0.113. The highest BCUT2D eigenvalue weighted by atomic mass is 32.2. The molecule has 1 heterocycles. The minimum Gasteiger partial charge on any atom is -0.345 e. The zero-order chi connectivity index (χ0) is 29.4. The average molecular weight is 597 g/mol. The maximum Gasteiger partial charge on any atom is 0.251 e. The summed E-state index contributed by atoms with van der Waals surface area (Å²) in [5, 5.41) is 14.4. The van der Waals surface area contributed by atoms with Crippen LogP contribution in [0.4, 0.5) is 10.1 Å². The molecule has 0 fully saturated rings. The van der Waals surface area contributed by atoms with Gasteiger partial charge in [-0.25, -0.2) is 12.8 Å². The largest absolute Gasteiger partial charge is 0.345 e. The minimum atomic E-state index is -3.63. The highest BCUT2D eigenvalue weighted by molar-refractivity contribution is 7.99. The van der Waals surface area contributed by atoms with Crippen molar-refractivity contribution in [3.8, 4) is 5.69 Å². The van der Waals surface area contributed by atoms with Gasteiger partial charge in [0.25, 0.3) is 5.91 Å². The summed E-state index contributed by atoms with van der Waals surface area (Å²) in [6, 6.07) is 20.5. The first-order valence-electron chi connectivity index (χ1n) is 12.8. The number of sulfonamides is 1. The lowest BCUT2D eigenvalue weighted by Crippen LogP contribution is -2.30. The highest BCUT2D eigenvalue weighted by Gasteiger charge is 2.22. The van der Waals surface area contributed by atoms with Crippen LogP contribution in [-0.4, -0.2) is 58.1 Å². The Labute approximate surface area is 242 Å². The molecule has 0 saturated heterocycles. The van der Waals surface area contributed by atoms with Crippen molar-refractivity contribution in [1.82, 2.24) is 24.4 Å². The van der Waals surface area contributed by atoms with Crippen molar-refractivity contribution in [3.05, 3.63) is 96.1 Å². The molecule has 4 aromatic rings. The summed E-state index contributed by atoms with van der Waals surface area (Å²) in [6.45, 7) is 4.26. The monoisotopic (exact) mass is 596 g/mol. The summed E-state index contributed by atoms with van der Waals surface area (Å²) in [5.41, 5.74) is 1.51. The molecule has 0 aliphatic heterocycles. The van der Waals surface area contributed by atoms with E-state index in [-0.39, 0.29) is 23.1 Å². The van der Waals surface area contributed by atoms with Gasteiger partial charge in [0.05, 0.1) is 17.2 Å². The summed E-state index contributed by atoms with van der Waals surface area (Å²) in [5.74, 6) is -0.644. The summed E-state index contributed by atoms with van der Waals surface area (Å²) in [7, 11) is -3.63. The number of benzene rings is 3. The zero-order valence-electron chi connectivity index (χ0n) is 22.5. The molecular formula is C28H29FN6O4S2. The Bertz CT molecular complexity index is 1590. The number of hydrogen-bond acceptors (Lipinski definition) is 7. The number of carbonyl (C=O) groups excluding carboxylic acids is 2. The Balaban J connectivity index is 1.45. The molecule has 0 atom stereocenters. The van der Waals surface area contributed by atoms with Crippen LogP contribution in [0.15, 0.2) is 88.9 Å². The SMILES string of the molecule is CCN(CC)S(=O)(=O)c1ccc(C(=O)NCc2nnc(SCC(=O)Nc3ccc(F)cc3)n2-c2ccccc2)cc1. The maximum absolute atomic E-state index is 13.1. The van der Waals surface area contributed by atoms with Gasteiger partial charge in [-0.1, -0.05) is 43.8 Å². The Hall–Kier alpha value is -4.07. The number of amides is 2. The first-order valence-corrected chi connectivity index (χ1v) is 15.2. The molecule has 0 saturated carbocycles. The summed E-state index contributed by atoms with van der Waals surface area (Å²) >= 11 is 1.16. The van der Waals surface area contributed by atoms with Gasteiger partial charge in [0.1, 0.15) is 5.82 Å². The Morgan fingerprint density at radius 3 is 2.22 bits per heavy atom. The second-order valence-corrected chi connectivity index (χ2v) is 11.6. The number of nitrogens with one attached hydrogen (secondary N) is 2. The van der Waals surface area contributed by atoms with Crippen molar-refractivity contribution in [3.63, 3.8) is 0 Å². The number of anilines is 1. The van der Waals surface area contributed by atoms with Gasteiger partial charge in [0.15, 0.2) is 11.0 Å². The van der Waals surface area contributed by atoms with E-state index in [1.807, 2.05) is 30.3 Å². The zero-order valence-corrected chi connectivity index (χ0v) is 24.1. The lowest BCUT2D eigenvalue weighted by atomic mass is 10.2. The van der Waals surface area contributed by atoms with Crippen LogP contribution in [-0.2, 0) is 21.4 Å². The topological polar surface area (TPSA) is 126 Å². The van der Waals surface area contributed by atoms with Crippen molar-refractivity contribution in [2.75, 3.05) is 24.2 Å². The number of halogens is 1. The Morgan fingerprint density at radius 2 is 1.59 bits per heavy atom. The molecular weight excluding hydrogens is 567 g/mol. The number of aromatic nitrogens is 3. The lowest BCUT2D eigenvalue weighted by Gasteiger charge is -2.18. The smallest absolute Gasteiger partial charge is 0.251 e. The van der Waals surface area contributed by atoms with Gasteiger partial charge < -0.3 is 10.6 Å². The van der Waals surface area contributed by atoms with Gasteiger partial charge in [-0.15, -0.1) is 10.2 Å². The predicted octanol–water partition coefficient (Wildman–Crippen LogP) is 4.10. The van der Waals surface area contributed by atoms with Gasteiger partial charge in [-0.3, -0.25) is 14.2 Å². The second kappa shape index (κ2) is 13.5. The van der Waals surface area contributed by atoms with Gasteiger partial charge in [0.2, 0.25) is 15.9 Å². The minimum absolute atomic E-state index is 0.0252. The number of hydrogen-bond donors (Lipinski definition) is 2. The fourth-order valence-electron chi connectivity index (χ4n) is 3.96. The third kappa shape index (κ3) is 7.37. The number of para-hydroxylation sites is 1. The molecule has 13 heteroatoms. The van der Waals surface area contributed by atoms with Gasteiger partial charge >= 0.3 is 0 Å². The van der Waals surface area contributed by atoms with E-state index >= 15 is 0 Å². The molecule has 2 amide bonds. The van der Waals surface area contributed by atoms with E-state index in [1.54, 1.807) is 18.4 Å². The second-order valence-electron chi connectivity index (χ2n) is 8.71. The summed E-state index contributed by atoms with van der Waals surface area (Å²) < 4.78 is 41.7. The molecule has 3 aromatic carbocycles. The number of carbonyl (C=O) groups is 2. The van der Waals surface area contributed by atoms with Crippen molar-refractivity contribution in [2.45, 2.75) is 30.4 Å². The van der Waals surface area contributed by atoms with Crippen molar-refractivity contribution >= 4 is 39.3 Å². The van der Waals surface area contributed by atoms with Crippen LogP contribution < -0.4 is 10.6 Å². The molecule has 41 heavy (non-hydrogen) atoms. The first-order chi connectivity index (χ1) is 19.7. The van der Waals surface area contributed by atoms with E-state index in [1.165, 1.54) is 52.8 Å². The number of rotatable bonds is 12. The third-order valence-corrected chi connectivity index (χ3v) is 9.03. The fraction of sp³-hybridized carbons (Fsp3) is 0.214. The summed E-state index contributed by atoms with van der Waals surface area (Å²) in [4.78, 5) is 25.5. The normalized spacial score (nSPS) is 11.4.